The van der Waals surface area contributed by atoms with Gasteiger partial charge in [-0.25, -0.2) is 0 Å². The van der Waals surface area contributed by atoms with Crippen LogP contribution in [0.4, 0.5) is 5.69 Å². The molecule has 5 heteroatoms. The molecule has 0 aliphatic carbocycles. The molecule has 0 unspecified atom stereocenters. The van der Waals surface area contributed by atoms with Crippen LogP contribution in [0.25, 0.3) is 0 Å². The molecular formula is C21H20N2O3. The molecule has 0 aliphatic rings. The van der Waals surface area contributed by atoms with E-state index in [2.05, 4.69) is 10.3 Å². The number of aryl methyl sites for hydroxylation is 1. The van der Waals surface area contributed by atoms with Crippen molar-refractivity contribution in [3.8, 4) is 5.75 Å². The maximum absolute atomic E-state index is 11.8. The summed E-state index contributed by atoms with van der Waals surface area (Å²) in [7, 11) is 0. The van der Waals surface area contributed by atoms with Gasteiger partial charge >= 0.3 is 0 Å². The van der Waals surface area contributed by atoms with Gasteiger partial charge in [-0.2, -0.15) is 0 Å². The van der Waals surface area contributed by atoms with Crippen LogP contribution in [0.15, 0.2) is 76.3 Å². The number of nitrogens with one attached hydrogen (secondary N) is 1. The SMILES string of the molecule is Cc1ccc(N=Cc2ccc(OCC(=O)NCc3ccco3)cc2)cc1. The van der Waals surface area contributed by atoms with E-state index in [0.29, 0.717) is 18.1 Å². The van der Waals surface area contributed by atoms with Crippen LogP contribution >= 0.6 is 0 Å². The Morgan fingerprint density at radius 2 is 1.88 bits per heavy atom. The molecule has 0 bridgehead atoms. The van der Waals surface area contributed by atoms with Crippen molar-refractivity contribution in [2.24, 2.45) is 4.99 Å². The number of rotatable bonds is 7. The van der Waals surface area contributed by atoms with Crippen LogP contribution in [0.3, 0.4) is 0 Å². The van der Waals surface area contributed by atoms with Gasteiger partial charge in [0.2, 0.25) is 0 Å². The van der Waals surface area contributed by atoms with Gasteiger partial charge < -0.3 is 14.5 Å². The van der Waals surface area contributed by atoms with Crippen molar-refractivity contribution in [3.63, 3.8) is 0 Å². The maximum Gasteiger partial charge on any atom is 0.258 e. The second-order valence-electron chi connectivity index (χ2n) is 5.81. The molecule has 5 nitrogen and oxygen atoms in total. The third kappa shape index (κ3) is 5.34. The second kappa shape index (κ2) is 8.67. The van der Waals surface area contributed by atoms with Crippen LogP contribution in [0, 0.1) is 6.92 Å². The zero-order valence-corrected chi connectivity index (χ0v) is 14.5. The fraction of sp³-hybridized carbons (Fsp3) is 0.143. The van der Waals surface area contributed by atoms with Crippen molar-refractivity contribution in [2.75, 3.05) is 6.61 Å². The van der Waals surface area contributed by atoms with Crippen molar-refractivity contribution < 1.29 is 13.9 Å². The standard InChI is InChI=1S/C21H20N2O3/c1-16-4-8-18(9-5-16)22-13-17-6-10-19(11-7-17)26-15-21(24)23-14-20-3-2-12-25-20/h2-13H,14-15H2,1H3,(H,23,24). The maximum atomic E-state index is 11.8. The highest BCUT2D eigenvalue weighted by Crippen LogP contribution is 2.14. The lowest BCUT2D eigenvalue weighted by atomic mass is 10.2. The van der Waals surface area contributed by atoms with E-state index < -0.39 is 0 Å². The summed E-state index contributed by atoms with van der Waals surface area (Å²) < 4.78 is 10.6. The second-order valence-corrected chi connectivity index (χ2v) is 5.81. The average Bonchev–Trinajstić information content (AvgIpc) is 3.19. The van der Waals surface area contributed by atoms with Gasteiger partial charge in [0.25, 0.3) is 5.91 Å². The summed E-state index contributed by atoms with van der Waals surface area (Å²) >= 11 is 0. The van der Waals surface area contributed by atoms with Gasteiger partial charge in [-0.1, -0.05) is 17.7 Å². The smallest absolute Gasteiger partial charge is 0.258 e. The van der Waals surface area contributed by atoms with Gasteiger partial charge in [0.1, 0.15) is 11.5 Å². The molecule has 1 heterocycles. The first-order chi connectivity index (χ1) is 12.7. The Bertz CT molecular complexity index is 851. The largest absolute Gasteiger partial charge is 0.484 e. The molecule has 0 saturated carbocycles. The first kappa shape index (κ1) is 17.5. The van der Waals surface area contributed by atoms with Crippen molar-refractivity contribution in [3.05, 3.63) is 83.8 Å². The Hall–Kier alpha value is -3.34. The highest BCUT2D eigenvalue weighted by atomic mass is 16.5. The van der Waals surface area contributed by atoms with Crippen LogP contribution in [-0.2, 0) is 11.3 Å². The number of hydrogen-bond acceptors (Lipinski definition) is 4. The molecule has 1 amide bonds. The molecule has 0 atom stereocenters. The molecular weight excluding hydrogens is 328 g/mol. The lowest BCUT2D eigenvalue weighted by molar-refractivity contribution is -0.123. The van der Waals surface area contributed by atoms with Crippen molar-refractivity contribution in [1.29, 1.82) is 0 Å². The van der Waals surface area contributed by atoms with Gasteiger partial charge in [0.05, 0.1) is 18.5 Å². The number of ether oxygens (including phenoxy) is 1. The Morgan fingerprint density at radius 1 is 1.12 bits per heavy atom. The summed E-state index contributed by atoms with van der Waals surface area (Å²) in [4.78, 5) is 16.2. The number of benzene rings is 2. The zero-order chi connectivity index (χ0) is 18.2. The molecule has 0 saturated heterocycles. The van der Waals surface area contributed by atoms with E-state index in [1.807, 2.05) is 55.5 Å². The average molecular weight is 348 g/mol. The molecule has 1 N–H and O–H groups in total. The Kier molecular flexibility index (Phi) is 5.83. The van der Waals surface area contributed by atoms with Gasteiger partial charge in [0.15, 0.2) is 6.61 Å². The minimum absolute atomic E-state index is 0.0441. The molecule has 3 aromatic rings. The van der Waals surface area contributed by atoms with Gasteiger partial charge in [-0.3, -0.25) is 9.79 Å². The van der Waals surface area contributed by atoms with Crippen LogP contribution in [0.2, 0.25) is 0 Å². The lowest BCUT2D eigenvalue weighted by Gasteiger charge is -2.06. The number of carbonyl (C=O) groups excluding carboxylic acids is 1. The quantitative estimate of drug-likeness (QED) is 0.656. The molecule has 0 radical (unpaired) electrons. The van der Waals surface area contributed by atoms with E-state index in [-0.39, 0.29) is 12.5 Å². The molecule has 0 aliphatic heterocycles. The Balaban J connectivity index is 1.46. The number of furan rings is 1. The fourth-order valence-electron chi connectivity index (χ4n) is 2.23. The molecule has 1 aromatic heterocycles. The van der Waals surface area contributed by atoms with Crippen LogP contribution < -0.4 is 10.1 Å². The highest BCUT2D eigenvalue weighted by molar-refractivity contribution is 5.82. The summed E-state index contributed by atoms with van der Waals surface area (Å²) in [6.07, 6.45) is 3.37. The molecule has 26 heavy (non-hydrogen) atoms. The number of nitrogens with zero attached hydrogens (tertiary/aromatic N) is 1. The van der Waals surface area contributed by atoms with E-state index in [1.165, 1.54) is 5.56 Å². The summed E-state index contributed by atoms with van der Waals surface area (Å²) in [5.41, 5.74) is 3.07. The van der Waals surface area contributed by atoms with E-state index in [9.17, 15) is 4.79 Å². The Morgan fingerprint density at radius 3 is 2.58 bits per heavy atom. The molecule has 0 spiro atoms. The molecule has 132 valence electrons. The molecule has 2 aromatic carbocycles. The topological polar surface area (TPSA) is 63.8 Å². The van der Waals surface area contributed by atoms with Crippen LogP contribution in [-0.4, -0.2) is 18.7 Å². The van der Waals surface area contributed by atoms with E-state index >= 15 is 0 Å². The van der Waals surface area contributed by atoms with E-state index in [0.717, 1.165) is 11.3 Å². The van der Waals surface area contributed by atoms with E-state index in [1.54, 1.807) is 24.6 Å². The van der Waals surface area contributed by atoms with Crippen molar-refractivity contribution >= 4 is 17.8 Å². The van der Waals surface area contributed by atoms with Gasteiger partial charge in [-0.05, 0) is 61.0 Å². The van der Waals surface area contributed by atoms with Crippen molar-refractivity contribution in [1.82, 2.24) is 5.32 Å². The normalized spacial score (nSPS) is 10.8. The van der Waals surface area contributed by atoms with Gasteiger partial charge in [-0.15, -0.1) is 0 Å². The summed E-state index contributed by atoms with van der Waals surface area (Å²) in [6.45, 7) is 2.35. The predicted octanol–water partition coefficient (Wildman–Crippen LogP) is 4.03. The predicted molar refractivity (Wildman–Crippen MR) is 101 cm³/mol. The number of hydrogen-bond donors (Lipinski definition) is 1. The van der Waals surface area contributed by atoms with Gasteiger partial charge in [0, 0.05) is 6.21 Å². The van der Waals surface area contributed by atoms with E-state index in [4.69, 9.17) is 9.15 Å². The zero-order valence-electron chi connectivity index (χ0n) is 14.5. The first-order valence-corrected chi connectivity index (χ1v) is 8.32. The highest BCUT2D eigenvalue weighted by Gasteiger charge is 2.04. The van der Waals surface area contributed by atoms with Crippen LogP contribution in [0.1, 0.15) is 16.9 Å². The summed E-state index contributed by atoms with van der Waals surface area (Å²) in [6, 6.07) is 19.0. The fourth-order valence-corrected chi connectivity index (χ4v) is 2.23. The summed E-state index contributed by atoms with van der Waals surface area (Å²) in [5, 5.41) is 2.73. The van der Waals surface area contributed by atoms with Crippen molar-refractivity contribution in [2.45, 2.75) is 13.5 Å². The molecule has 3 rings (SSSR count). The lowest BCUT2D eigenvalue weighted by Crippen LogP contribution is -2.28. The Labute approximate surface area is 152 Å². The third-order valence-electron chi connectivity index (χ3n) is 3.69. The number of aliphatic imine (C=N–C) groups is 1. The van der Waals surface area contributed by atoms with Crippen LogP contribution in [0.5, 0.6) is 5.75 Å². The monoisotopic (exact) mass is 348 g/mol. The number of amides is 1. The summed E-state index contributed by atoms with van der Waals surface area (Å²) in [5.74, 6) is 1.13. The minimum Gasteiger partial charge on any atom is -0.484 e. The third-order valence-corrected chi connectivity index (χ3v) is 3.69. The minimum atomic E-state index is -0.202. The molecule has 0 fully saturated rings. The number of carbonyl (C=O) groups is 1. The first-order valence-electron chi connectivity index (χ1n) is 8.32.